The summed E-state index contributed by atoms with van der Waals surface area (Å²) in [4.78, 5) is 24.3. The highest BCUT2D eigenvalue weighted by molar-refractivity contribution is 6.37. The quantitative estimate of drug-likeness (QED) is 0.792. The van der Waals surface area contributed by atoms with Crippen LogP contribution >= 0.6 is 23.2 Å². The number of esters is 1. The van der Waals surface area contributed by atoms with E-state index in [1.165, 1.54) is 25.7 Å². The van der Waals surface area contributed by atoms with E-state index in [0.29, 0.717) is 0 Å². The lowest BCUT2D eigenvalue weighted by Crippen LogP contribution is -2.42. The van der Waals surface area contributed by atoms with Crippen molar-refractivity contribution in [2.75, 3.05) is 7.11 Å². The van der Waals surface area contributed by atoms with Crippen LogP contribution in [0.15, 0.2) is 12.1 Å². The molecule has 0 unspecified atom stereocenters. The van der Waals surface area contributed by atoms with Crippen LogP contribution < -0.4 is 10.1 Å². The molecule has 1 fully saturated rings. The van der Waals surface area contributed by atoms with Gasteiger partial charge in [-0.2, -0.15) is 0 Å². The fourth-order valence-electron chi connectivity index (χ4n) is 2.72. The molecule has 1 atom stereocenters. The Morgan fingerprint density at radius 2 is 1.75 bits per heavy atom. The summed E-state index contributed by atoms with van der Waals surface area (Å²) in [5.41, 5.74) is 0.170. The second-order valence-corrected chi connectivity index (χ2v) is 6.68. The molecule has 132 valence electrons. The molecule has 1 N–H and O–H groups in total. The lowest BCUT2D eigenvalue weighted by Gasteiger charge is -2.24. The summed E-state index contributed by atoms with van der Waals surface area (Å²) in [6.45, 7) is 1.54. The van der Waals surface area contributed by atoms with E-state index in [2.05, 4.69) is 5.32 Å². The molecule has 0 spiro atoms. The van der Waals surface area contributed by atoms with E-state index in [9.17, 15) is 9.59 Å². The Hall–Kier alpha value is -1.46. The van der Waals surface area contributed by atoms with Crippen LogP contribution in [0, 0.1) is 0 Å². The topological polar surface area (TPSA) is 64.6 Å². The molecule has 5 nitrogen and oxygen atoms in total. The molecule has 1 saturated carbocycles. The zero-order chi connectivity index (χ0) is 17.7. The zero-order valence-electron chi connectivity index (χ0n) is 13.7. The van der Waals surface area contributed by atoms with Gasteiger partial charge in [0.15, 0.2) is 11.9 Å². The third-order valence-corrected chi connectivity index (χ3v) is 4.60. The van der Waals surface area contributed by atoms with Crippen molar-refractivity contribution < 1.29 is 19.1 Å². The second kappa shape index (κ2) is 8.58. The minimum absolute atomic E-state index is 0.164. The van der Waals surface area contributed by atoms with Gasteiger partial charge in [0.1, 0.15) is 0 Å². The first-order valence-corrected chi connectivity index (χ1v) is 8.72. The van der Waals surface area contributed by atoms with Crippen LogP contribution in [0.3, 0.4) is 0 Å². The molecule has 1 aromatic rings. The summed E-state index contributed by atoms with van der Waals surface area (Å²) in [6.07, 6.45) is 4.48. The normalized spacial score (nSPS) is 16.3. The summed E-state index contributed by atoms with van der Waals surface area (Å²) in [6, 6.07) is 2.97. The van der Waals surface area contributed by atoms with E-state index in [4.69, 9.17) is 32.7 Å². The molecule has 1 aliphatic carbocycles. The van der Waals surface area contributed by atoms with E-state index < -0.39 is 12.1 Å². The van der Waals surface area contributed by atoms with Crippen molar-refractivity contribution in [1.29, 1.82) is 0 Å². The van der Waals surface area contributed by atoms with Gasteiger partial charge in [0, 0.05) is 6.04 Å². The Kier molecular flexibility index (Phi) is 6.75. The predicted molar refractivity (Wildman–Crippen MR) is 92.9 cm³/mol. The van der Waals surface area contributed by atoms with Gasteiger partial charge in [-0.3, -0.25) is 4.79 Å². The summed E-state index contributed by atoms with van der Waals surface area (Å²) in [5, 5.41) is 3.34. The smallest absolute Gasteiger partial charge is 0.339 e. The first-order chi connectivity index (χ1) is 11.4. The van der Waals surface area contributed by atoms with Gasteiger partial charge in [0.05, 0.1) is 22.7 Å². The Labute approximate surface area is 151 Å². The number of halogens is 2. The van der Waals surface area contributed by atoms with E-state index in [1.807, 2.05) is 0 Å². The fourth-order valence-corrected chi connectivity index (χ4v) is 3.36. The van der Waals surface area contributed by atoms with Crippen molar-refractivity contribution in [3.05, 3.63) is 27.7 Å². The summed E-state index contributed by atoms with van der Waals surface area (Å²) in [5.74, 6) is -0.660. The SMILES string of the molecule is COc1c(Cl)cc(C(=O)O[C@@H](C)C(=O)NC2CCCCC2)cc1Cl. The summed E-state index contributed by atoms with van der Waals surface area (Å²) >= 11 is 12.0. The predicted octanol–water partition coefficient (Wildman–Crippen LogP) is 4.00. The number of carbonyl (C=O) groups is 2. The van der Waals surface area contributed by atoms with Gasteiger partial charge in [0.2, 0.25) is 0 Å². The molecule has 1 aliphatic rings. The van der Waals surface area contributed by atoms with Gasteiger partial charge in [-0.05, 0) is 31.9 Å². The average molecular weight is 374 g/mol. The van der Waals surface area contributed by atoms with E-state index in [1.54, 1.807) is 6.92 Å². The van der Waals surface area contributed by atoms with Crippen LogP contribution in [-0.2, 0) is 9.53 Å². The number of carbonyl (C=O) groups excluding carboxylic acids is 2. The van der Waals surface area contributed by atoms with Gasteiger partial charge in [-0.15, -0.1) is 0 Å². The Balaban J connectivity index is 1.96. The molecule has 1 aromatic carbocycles. The third-order valence-electron chi connectivity index (χ3n) is 4.04. The van der Waals surface area contributed by atoms with Crippen LogP contribution in [0.4, 0.5) is 0 Å². The van der Waals surface area contributed by atoms with Crippen molar-refractivity contribution in [2.45, 2.75) is 51.2 Å². The molecular weight excluding hydrogens is 353 g/mol. The first kappa shape index (κ1) is 18.9. The Morgan fingerprint density at radius 3 is 2.29 bits per heavy atom. The van der Waals surface area contributed by atoms with Gasteiger partial charge in [0.25, 0.3) is 5.91 Å². The molecule has 0 saturated heterocycles. The number of nitrogens with one attached hydrogen (secondary N) is 1. The third kappa shape index (κ3) is 4.77. The molecule has 2 rings (SSSR count). The maximum Gasteiger partial charge on any atom is 0.339 e. The van der Waals surface area contributed by atoms with Gasteiger partial charge in [-0.1, -0.05) is 42.5 Å². The number of methoxy groups -OCH3 is 1. The van der Waals surface area contributed by atoms with E-state index in [-0.39, 0.29) is 33.3 Å². The molecule has 7 heteroatoms. The van der Waals surface area contributed by atoms with Crippen LogP contribution in [0.1, 0.15) is 49.4 Å². The van der Waals surface area contributed by atoms with E-state index >= 15 is 0 Å². The highest BCUT2D eigenvalue weighted by atomic mass is 35.5. The van der Waals surface area contributed by atoms with Crippen molar-refractivity contribution in [2.24, 2.45) is 0 Å². The molecule has 0 aliphatic heterocycles. The molecule has 0 aromatic heterocycles. The van der Waals surface area contributed by atoms with Crippen LogP contribution in [0.5, 0.6) is 5.75 Å². The Morgan fingerprint density at radius 1 is 1.17 bits per heavy atom. The molecular formula is C17H21Cl2NO4. The van der Waals surface area contributed by atoms with E-state index in [0.717, 1.165) is 25.7 Å². The molecule has 0 bridgehead atoms. The largest absolute Gasteiger partial charge is 0.494 e. The van der Waals surface area contributed by atoms with Crippen LogP contribution in [-0.4, -0.2) is 31.1 Å². The summed E-state index contributed by atoms with van der Waals surface area (Å²) < 4.78 is 10.2. The molecule has 24 heavy (non-hydrogen) atoms. The number of hydrogen-bond donors (Lipinski definition) is 1. The minimum Gasteiger partial charge on any atom is -0.494 e. The number of amides is 1. The lowest BCUT2D eigenvalue weighted by atomic mass is 9.95. The fraction of sp³-hybridized carbons (Fsp3) is 0.529. The van der Waals surface area contributed by atoms with Gasteiger partial charge >= 0.3 is 5.97 Å². The standard InChI is InChI=1S/C17H21Cl2NO4/c1-10(16(21)20-12-6-4-3-5-7-12)24-17(22)11-8-13(18)15(23-2)14(19)9-11/h8-10,12H,3-7H2,1-2H3,(H,20,21)/t10-/m0/s1. The Bertz CT molecular complexity index is 592. The second-order valence-electron chi connectivity index (χ2n) is 5.86. The number of benzene rings is 1. The highest BCUT2D eigenvalue weighted by Crippen LogP contribution is 2.34. The maximum atomic E-state index is 12.2. The number of ether oxygens (including phenoxy) is 2. The van der Waals surface area contributed by atoms with Crippen molar-refractivity contribution in [1.82, 2.24) is 5.32 Å². The lowest BCUT2D eigenvalue weighted by molar-refractivity contribution is -0.130. The number of hydrogen-bond acceptors (Lipinski definition) is 4. The molecule has 0 radical (unpaired) electrons. The van der Waals surface area contributed by atoms with Crippen molar-refractivity contribution in [3.8, 4) is 5.75 Å². The molecule has 1 amide bonds. The summed E-state index contributed by atoms with van der Waals surface area (Å²) in [7, 11) is 1.43. The van der Waals surface area contributed by atoms with Crippen molar-refractivity contribution >= 4 is 35.1 Å². The zero-order valence-corrected chi connectivity index (χ0v) is 15.2. The first-order valence-electron chi connectivity index (χ1n) is 7.96. The molecule has 0 heterocycles. The van der Waals surface area contributed by atoms with Crippen LogP contribution in [0.25, 0.3) is 0 Å². The van der Waals surface area contributed by atoms with Gasteiger partial charge in [-0.25, -0.2) is 4.79 Å². The minimum atomic E-state index is -0.890. The average Bonchev–Trinajstić information content (AvgIpc) is 2.55. The van der Waals surface area contributed by atoms with Crippen LogP contribution in [0.2, 0.25) is 10.0 Å². The van der Waals surface area contributed by atoms with Crippen molar-refractivity contribution in [3.63, 3.8) is 0 Å². The van der Waals surface area contributed by atoms with Gasteiger partial charge < -0.3 is 14.8 Å². The number of rotatable bonds is 5. The highest BCUT2D eigenvalue weighted by Gasteiger charge is 2.23. The monoisotopic (exact) mass is 373 g/mol. The maximum absolute atomic E-state index is 12.2.